The lowest BCUT2D eigenvalue weighted by Crippen LogP contribution is -2.52. The van der Waals surface area contributed by atoms with Gasteiger partial charge in [-0.15, -0.1) is 0 Å². The van der Waals surface area contributed by atoms with E-state index in [9.17, 15) is 0 Å². The van der Waals surface area contributed by atoms with Crippen molar-refractivity contribution in [1.82, 2.24) is 0 Å². The van der Waals surface area contributed by atoms with Crippen molar-refractivity contribution >= 4 is 5.69 Å². The van der Waals surface area contributed by atoms with Crippen molar-refractivity contribution < 1.29 is 4.74 Å². The standard InChI is InChI=1S/C15H24N2O/c1-3-13-10-15(11-16,8-9-18-13)17-14-7-5-4-6-12(14)2/h4-7,13,17H,3,8-11,16H2,1-2H3. The van der Waals surface area contributed by atoms with Crippen LogP contribution in [0.1, 0.15) is 31.7 Å². The van der Waals surface area contributed by atoms with Crippen molar-refractivity contribution in [2.75, 3.05) is 18.5 Å². The molecule has 3 heteroatoms. The van der Waals surface area contributed by atoms with Gasteiger partial charge < -0.3 is 15.8 Å². The van der Waals surface area contributed by atoms with Gasteiger partial charge in [0.25, 0.3) is 0 Å². The number of benzene rings is 1. The molecule has 0 aliphatic carbocycles. The molecule has 0 bridgehead atoms. The maximum absolute atomic E-state index is 6.04. The van der Waals surface area contributed by atoms with Gasteiger partial charge in [0.05, 0.1) is 11.6 Å². The molecular formula is C15H24N2O. The number of aryl methyl sites for hydroxylation is 1. The minimum Gasteiger partial charge on any atom is -0.378 e. The van der Waals surface area contributed by atoms with E-state index in [1.54, 1.807) is 0 Å². The normalized spacial score (nSPS) is 28.1. The van der Waals surface area contributed by atoms with E-state index in [-0.39, 0.29) is 5.54 Å². The Morgan fingerprint density at radius 1 is 1.44 bits per heavy atom. The molecule has 2 atom stereocenters. The molecule has 1 heterocycles. The predicted octanol–water partition coefficient (Wildman–Crippen LogP) is 2.69. The number of nitrogens with one attached hydrogen (secondary N) is 1. The second-order valence-corrected chi connectivity index (χ2v) is 5.28. The van der Waals surface area contributed by atoms with Crippen molar-refractivity contribution in [3.8, 4) is 0 Å². The molecule has 3 N–H and O–H groups in total. The molecule has 1 aliphatic rings. The van der Waals surface area contributed by atoms with Crippen LogP contribution in [0.25, 0.3) is 0 Å². The van der Waals surface area contributed by atoms with E-state index in [4.69, 9.17) is 10.5 Å². The van der Waals surface area contributed by atoms with Gasteiger partial charge in [-0.05, 0) is 37.8 Å². The van der Waals surface area contributed by atoms with E-state index >= 15 is 0 Å². The molecule has 0 spiro atoms. The highest BCUT2D eigenvalue weighted by molar-refractivity contribution is 5.52. The highest BCUT2D eigenvalue weighted by Gasteiger charge is 2.35. The predicted molar refractivity (Wildman–Crippen MR) is 75.9 cm³/mol. The molecule has 3 nitrogen and oxygen atoms in total. The van der Waals surface area contributed by atoms with Crippen LogP contribution in [-0.4, -0.2) is 24.8 Å². The molecule has 0 saturated carbocycles. The molecule has 1 fully saturated rings. The number of nitrogens with two attached hydrogens (primary N) is 1. The minimum absolute atomic E-state index is 0.00889. The first-order valence-electron chi connectivity index (χ1n) is 6.84. The number of ether oxygens (including phenoxy) is 1. The van der Waals surface area contributed by atoms with Crippen molar-refractivity contribution in [1.29, 1.82) is 0 Å². The molecule has 1 aromatic carbocycles. The highest BCUT2D eigenvalue weighted by atomic mass is 16.5. The fraction of sp³-hybridized carbons (Fsp3) is 0.600. The molecule has 2 rings (SSSR count). The van der Waals surface area contributed by atoms with Crippen molar-refractivity contribution in [2.24, 2.45) is 5.73 Å². The summed E-state index contributed by atoms with van der Waals surface area (Å²) < 4.78 is 5.76. The van der Waals surface area contributed by atoms with E-state index in [2.05, 4.69) is 43.4 Å². The Hall–Kier alpha value is -1.06. The maximum Gasteiger partial charge on any atom is 0.0595 e. The van der Waals surface area contributed by atoms with E-state index < -0.39 is 0 Å². The summed E-state index contributed by atoms with van der Waals surface area (Å²) in [7, 11) is 0. The lowest BCUT2D eigenvalue weighted by Gasteiger charge is -2.41. The lowest BCUT2D eigenvalue weighted by atomic mass is 9.85. The van der Waals surface area contributed by atoms with Crippen LogP contribution in [0.15, 0.2) is 24.3 Å². The van der Waals surface area contributed by atoms with Crippen molar-refractivity contribution in [3.05, 3.63) is 29.8 Å². The third-order valence-electron chi connectivity index (χ3n) is 3.94. The van der Waals surface area contributed by atoms with Gasteiger partial charge in [-0.1, -0.05) is 25.1 Å². The summed E-state index contributed by atoms with van der Waals surface area (Å²) >= 11 is 0. The first kappa shape index (κ1) is 13.4. The van der Waals surface area contributed by atoms with Gasteiger partial charge >= 0.3 is 0 Å². The number of hydrogen-bond acceptors (Lipinski definition) is 3. The molecule has 0 amide bonds. The maximum atomic E-state index is 6.04. The number of rotatable bonds is 4. The molecule has 100 valence electrons. The molecule has 1 aliphatic heterocycles. The zero-order chi connectivity index (χ0) is 13.0. The van der Waals surface area contributed by atoms with Crippen LogP contribution in [0, 0.1) is 6.92 Å². The SMILES string of the molecule is CCC1CC(CN)(Nc2ccccc2C)CCO1. The fourth-order valence-electron chi connectivity index (χ4n) is 2.63. The molecule has 0 radical (unpaired) electrons. The van der Waals surface area contributed by atoms with E-state index in [0.29, 0.717) is 12.6 Å². The minimum atomic E-state index is -0.00889. The van der Waals surface area contributed by atoms with Gasteiger partial charge in [0, 0.05) is 18.8 Å². The number of hydrogen-bond donors (Lipinski definition) is 2. The Morgan fingerprint density at radius 3 is 2.89 bits per heavy atom. The van der Waals surface area contributed by atoms with Gasteiger partial charge in [0.2, 0.25) is 0 Å². The zero-order valence-corrected chi connectivity index (χ0v) is 11.4. The summed E-state index contributed by atoms with van der Waals surface area (Å²) in [5.41, 5.74) is 8.49. The van der Waals surface area contributed by atoms with Crippen LogP contribution in [0.5, 0.6) is 0 Å². The molecular weight excluding hydrogens is 224 g/mol. The van der Waals surface area contributed by atoms with Gasteiger partial charge in [0.1, 0.15) is 0 Å². The lowest BCUT2D eigenvalue weighted by molar-refractivity contribution is -0.0126. The third kappa shape index (κ3) is 2.85. The Bertz CT molecular complexity index is 394. The molecule has 0 aromatic heterocycles. The average molecular weight is 248 g/mol. The van der Waals surface area contributed by atoms with Crippen LogP contribution >= 0.6 is 0 Å². The second kappa shape index (κ2) is 5.72. The monoisotopic (exact) mass is 248 g/mol. The van der Waals surface area contributed by atoms with Gasteiger partial charge in [-0.2, -0.15) is 0 Å². The van der Waals surface area contributed by atoms with Crippen LogP contribution in [0.2, 0.25) is 0 Å². The highest BCUT2D eigenvalue weighted by Crippen LogP contribution is 2.30. The summed E-state index contributed by atoms with van der Waals surface area (Å²) in [6.07, 6.45) is 3.36. The van der Waals surface area contributed by atoms with E-state index in [1.165, 1.54) is 11.3 Å². The molecule has 1 aromatic rings. The van der Waals surface area contributed by atoms with Gasteiger partial charge in [-0.3, -0.25) is 0 Å². The largest absolute Gasteiger partial charge is 0.378 e. The molecule has 2 unspecified atom stereocenters. The molecule has 18 heavy (non-hydrogen) atoms. The Balaban J connectivity index is 2.15. The molecule has 1 saturated heterocycles. The third-order valence-corrected chi connectivity index (χ3v) is 3.94. The first-order valence-corrected chi connectivity index (χ1v) is 6.84. The smallest absolute Gasteiger partial charge is 0.0595 e. The zero-order valence-electron chi connectivity index (χ0n) is 11.4. The number of para-hydroxylation sites is 1. The Kier molecular flexibility index (Phi) is 4.25. The Labute approximate surface area is 110 Å². The van der Waals surface area contributed by atoms with Crippen molar-refractivity contribution in [3.63, 3.8) is 0 Å². The fourth-order valence-corrected chi connectivity index (χ4v) is 2.63. The first-order chi connectivity index (χ1) is 8.69. The number of anilines is 1. The average Bonchev–Trinajstić information content (AvgIpc) is 2.42. The van der Waals surface area contributed by atoms with Crippen LogP contribution in [0.4, 0.5) is 5.69 Å². The van der Waals surface area contributed by atoms with Crippen LogP contribution in [0.3, 0.4) is 0 Å². The quantitative estimate of drug-likeness (QED) is 0.861. The van der Waals surface area contributed by atoms with Gasteiger partial charge in [0.15, 0.2) is 0 Å². The summed E-state index contributed by atoms with van der Waals surface area (Å²) in [4.78, 5) is 0. The second-order valence-electron chi connectivity index (χ2n) is 5.28. The summed E-state index contributed by atoms with van der Waals surface area (Å²) in [5.74, 6) is 0. The van der Waals surface area contributed by atoms with Crippen LogP contribution in [-0.2, 0) is 4.74 Å². The summed E-state index contributed by atoms with van der Waals surface area (Å²) in [5, 5.41) is 3.67. The summed E-state index contributed by atoms with van der Waals surface area (Å²) in [6, 6.07) is 8.39. The topological polar surface area (TPSA) is 47.3 Å². The van der Waals surface area contributed by atoms with Crippen molar-refractivity contribution in [2.45, 2.75) is 44.8 Å². The van der Waals surface area contributed by atoms with Crippen LogP contribution < -0.4 is 11.1 Å². The van der Waals surface area contributed by atoms with E-state index in [1.807, 2.05) is 0 Å². The summed E-state index contributed by atoms with van der Waals surface area (Å²) in [6.45, 7) is 5.75. The van der Waals surface area contributed by atoms with E-state index in [0.717, 1.165) is 25.9 Å². The van der Waals surface area contributed by atoms with Gasteiger partial charge in [-0.25, -0.2) is 0 Å². The Morgan fingerprint density at radius 2 is 2.22 bits per heavy atom.